The van der Waals surface area contributed by atoms with Gasteiger partial charge in [0.2, 0.25) is 0 Å². The highest BCUT2D eigenvalue weighted by Crippen LogP contribution is 2.38. The van der Waals surface area contributed by atoms with Crippen molar-refractivity contribution in [2.45, 2.75) is 20.8 Å². The summed E-state index contributed by atoms with van der Waals surface area (Å²) in [5.41, 5.74) is 9.03. The zero-order chi connectivity index (χ0) is 20.0. The second-order valence-electron chi connectivity index (χ2n) is 7.72. The number of rotatable bonds is 3. The second kappa shape index (κ2) is 6.82. The quantitative estimate of drug-likeness (QED) is 0.317. The lowest BCUT2D eigenvalue weighted by Gasteiger charge is -2.26. The number of nitrogens with zero attached hydrogens (tertiary/aromatic N) is 1. The number of anilines is 3. The van der Waals surface area contributed by atoms with Gasteiger partial charge in [0.15, 0.2) is 0 Å². The van der Waals surface area contributed by atoms with Gasteiger partial charge in [-0.3, -0.25) is 0 Å². The molecule has 0 saturated carbocycles. The average molecular weight is 377 g/mol. The molecular weight excluding hydrogens is 354 g/mol. The summed E-state index contributed by atoms with van der Waals surface area (Å²) in [6.45, 7) is 6.43. The Kier molecular flexibility index (Phi) is 4.13. The topological polar surface area (TPSA) is 16.4 Å². The molecule has 4 aromatic carbocycles. The van der Waals surface area contributed by atoms with Crippen LogP contribution in [0.3, 0.4) is 0 Å². The number of hydrogen-bond acceptors (Lipinski definition) is 2. The molecule has 0 aliphatic carbocycles. The molecule has 0 aliphatic rings. The number of furan rings is 1. The fourth-order valence-corrected chi connectivity index (χ4v) is 3.86. The van der Waals surface area contributed by atoms with E-state index in [0.29, 0.717) is 0 Å². The van der Waals surface area contributed by atoms with Crippen molar-refractivity contribution in [3.8, 4) is 0 Å². The van der Waals surface area contributed by atoms with Crippen LogP contribution in [0.4, 0.5) is 17.1 Å². The van der Waals surface area contributed by atoms with Crippen molar-refractivity contribution >= 4 is 39.0 Å². The molecule has 0 radical (unpaired) electrons. The van der Waals surface area contributed by atoms with Crippen LogP contribution in [0.2, 0.25) is 0 Å². The van der Waals surface area contributed by atoms with Gasteiger partial charge in [-0.25, -0.2) is 0 Å². The number of fused-ring (bicyclic) bond motifs is 3. The maximum absolute atomic E-state index is 6.15. The third-order valence-electron chi connectivity index (χ3n) is 5.66. The van der Waals surface area contributed by atoms with Crippen LogP contribution in [0, 0.1) is 20.8 Å². The van der Waals surface area contributed by atoms with E-state index in [1.807, 2.05) is 12.1 Å². The smallest absolute Gasteiger partial charge is 0.137 e. The van der Waals surface area contributed by atoms with Crippen LogP contribution < -0.4 is 4.90 Å². The van der Waals surface area contributed by atoms with Crippen molar-refractivity contribution in [3.05, 3.63) is 102 Å². The van der Waals surface area contributed by atoms with Gasteiger partial charge in [0.1, 0.15) is 11.2 Å². The molecule has 142 valence electrons. The molecule has 0 N–H and O–H groups in total. The molecule has 0 aliphatic heterocycles. The predicted molar refractivity (Wildman–Crippen MR) is 123 cm³/mol. The molecule has 1 aromatic heterocycles. The van der Waals surface area contributed by atoms with Crippen LogP contribution in [-0.4, -0.2) is 0 Å². The molecule has 0 bridgehead atoms. The van der Waals surface area contributed by atoms with Crippen molar-refractivity contribution in [2.24, 2.45) is 0 Å². The molecule has 1 heterocycles. The number of hydrogen-bond donors (Lipinski definition) is 0. The minimum absolute atomic E-state index is 0.907. The monoisotopic (exact) mass is 377 g/mol. The third-order valence-corrected chi connectivity index (χ3v) is 5.66. The molecule has 0 amide bonds. The molecule has 0 spiro atoms. The van der Waals surface area contributed by atoms with E-state index in [1.165, 1.54) is 16.7 Å². The fourth-order valence-electron chi connectivity index (χ4n) is 3.86. The standard InChI is InChI=1S/C27H23NO/c1-18-8-11-21(12-9-18)28(22-13-10-19(2)20(3)16-22)23-14-15-25-24-6-4-5-7-26(24)29-27(25)17-23/h4-17H,1-3H3. The zero-order valence-corrected chi connectivity index (χ0v) is 16.9. The van der Waals surface area contributed by atoms with Gasteiger partial charge in [-0.15, -0.1) is 0 Å². The SMILES string of the molecule is Cc1ccc(N(c2ccc(C)c(C)c2)c2ccc3c(c2)oc2ccccc23)cc1. The van der Waals surface area contributed by atoms with Crippen LogP contribution in [0.1, 0.15) is 16.7 Å². The Labute approximate surface area is 171 Å². The van der Waals surface area contributed by atoms with Gasteiger partial charge in [0.05, 0.1) is 0 Å². The van der Waals surface area contributed by atoms with Crippen LogP contribution >= 0.6 is 0 Å². The lowest BCUT2D eigenvalue weighted by atomic mass is 10.1. The molecule has 0 unspecified atom stereocenters. The zero-order valence-electron chi connectivity index (χ0n) is 16.9. The number of benzene rings is 4. The van der Waals surface area contributed by atoms with Crippen molar-refractivity contribution in [1.82, 2.24) is 0 Å². The summed E-state index contributed by atoms with van der Waals surface area (Å²) in [5, 5.41) is 2.30. The van der Waals surface area contributed by atoms with Gasteiger partial charge < -0.3 is 9.32 Å². The summed E-state index contributed by atoms with van der Waals surface area (Å²) in [7, 11) is 0. The van der Waals surface area contributed by atoms with E-state index in [4.69, 9.17) is 4.42 Å². The van der Waals surface area contributed by atoms with E-state index >= 15 is 0 Å². The minimum Gasteiger partial charge on any atom is -0.456 e. The first-order valence-corrected chi connectivity index (χ1v) is 9.95. The summed E-state index contributed by atoms with van der Waals surface area (Å²) in [5.74, 6) is 0. The third kappa shape index (κ3) is 3.07. The van der Waals surface area contributed by atoms with Crippen molar-refractivity contribution in [3.63, 3.8) is 0 Å². The first-order valence-electron chi connectivity index (χ1n) is 9.95. The first kappa shape index (κ1) is 17.6. The summed E-state index contributed by atoms with van der Waals surface area (Å²) >= 11 is 0. The molecule has 0 fully saturated rings. The Morgan fingerprint density at radius 3 is 2.00 bits per heavy atom. The Hall–Kier alpha value is -3.52. The molecule has 5 rings (SSSR count). The van der Waals surface area contributed by atoms with Gasteiger partial charge in [-0.2, -0.15) is 0 Å². The maximum atomic E-state index is 6.15. The van der Waals surface area contributed by atoms with Crippen LogP contribution in [-0.2, 0) is 0 Å². The van der Waals surface area contributed by atoms with Crippen LogP contribution in [0.25, 0.3) is 21.9 Å². The molecule has 5 aromatic rings. The Balaban J connectivity index is 1.72. The summed E-state index contributed by atoms with van der Waals surface area (Å²) < 4.78 is 6.15. The van der Waals surface area contributed by atoms with E-state index in [2.05, 4.69) is 98.5 Å². The molecule has 29 heavy (non-hydrogen) atoms. The highest BCUT2D eigenvalue weighted by molar-refractivity contribution is 6.06. The highest BCUT2D eigenvalue weighted by Gasteiger charge is 2.15. The maximum Gasteiger partial charge on any atom is 0.137 e. The van der Waals surface area contributed by atoms with Crippen molar-refractivity contribution in [2.75, 3.05) is 4.90 Å². The highest BCUT2D eigenvalue weighted by atomic mass is 16.3. The van der Waals surface area contributed by atoms with Gasteiger partial charge in [0, 0.05) is 33.9 Å². The van der Waals surface area contributed by atoms with Crippen molar-refractivity contribution < 1.29 is 4.42 Å². The summed E-state index contributed by atoms with van der Waals surface area (Å²) in [6, 6.07) is 30.0. The Morgan fingerprint density at radius 2 is 1.21 bits per heavy atom. The van der Waals surface area contributed by atoms with E-state index in [0.717, 1.165) is 39.0 Å². The summed E-state index contributed by atoms with van der Waals surface area (Å²) in [6.07, 6.45) is 0. The van der Waals surface area contributed by atoms with E-state index in [-0.39, 0.29) is 0 Å². The van der Waals surface area contributed by atoms with Gasteiger partial charge in [-0.1, -0.05) is 42.0 Å². The Morgan fingerprint density at radius 1 is 0.552 bits per heavy atom. The normalized spacial score (nSPS) is 11.3. The molecular formula is C27H23NO. The van der Waals surface area contributed by atoms with E-state index in [1.54, 1.807) is 0 Å². The van der Waals surface area contributed by atoms with Gasteiger partial charge in [0.25, 0.3) is 0 Å². The lowest BCUT2D eigenvalue weighted by Crippen LogP contribution is -2.10. The largest absolute Gasteiger partial charge is 0.456 e. The van der Waals surface area contributed by atoms with Crippen LogP contribution in [0.5, 0.6) is 0 Å². The van der Waals surface area contributed by atoms with E-state index in [9.17, 15) is 0 Å². The van der Waals surface area contributed by atoms with Crippen LogP contribution in [0.15, 0.2) is 89.3 Å². The van der Waals surface area contributed by atoms with Gasteiger partial charge >= 0.3 is 0 Å². The Bertz CT molecular complexity index is 1330. The number of aryl methyl sites for hydroxylation is 3. The minimum atomic E-state index is 0.907. The molecule has 2 nitrogen and oxygen atoms in total. The second-order valence-corrected chi connectivity index (χ2v) is 7.72. The summed E-state index contributed by atoms with van der Waals surface area (Å²) in [4.78, 5) is 2.29. The fraction of sp³-hybridized carbons (Fsp3) is 0.111. The molecule has 0 saturated heterocycles. The average Bonchev–Trinajstić information content (AvgIpc) is 3.10. The predicted octanol–water partition coefficient (Wildman–Crippen LogP) is 7.98. The van der Waals surface area contributed by atoms with E-state index < -0.39 is 0 Å². The number of para-hydroxylation sites is 1. The lowest BCUT2D eigenvalue weighted by molar-refractivity contribution is 0.669. The van der Waals surface area contributed by atoms with Gasteiger partial charge in [-0.05, 0) is 74.4 Å². The first-order chi connectivity index (χ1) is 14.1. The van der Waals surface area contributed by atoms with Crippen molar-refractivity contribution in [1.29, 1.82) is 0 Å². The molecule has 0 atom stereocenters. The molecule has 2 heteroatoms.